The molecular formula is C23H24OS. The Bertz CT molecular complexity index is 903. The van der Waals surface area contributed by atoms with Gasteiger partial charge in [0.15, 0.2) is 5.78 Å². The number of hydrogen-bond donors (Lipinski definition) is 0. The van der Waals surface area contributed by atoms with Crippen molar-refractivity contribution < 1.29 is 4.79 Å². The van der Waals surface area contributed by atoms with E-state index in [1.54, 1.807) is 11.8 Å². The number of thioether (sulfide) groups is 1. The molecule has 2 heteroatoms. The Morgan fingerprint density at radius 3 is 2.48 bits per heavy atom. The summed E-state index contributed by atoms with van der Waals surface area (Å²) in [5, 5.41) is 0. The second-order valence-corrected chi connectivity index (χ2v) is 8.03. The first-order valence-corrected chi connectivity index (χ1v) is 9.50. The molecule has 0 bridgehead atoms. The molecule has 0 aliphatic heterocycles. The zero-order valence-corrected chi connectivity index (χ0v) is 16.2. The van der Waals surface area contributed by atoms with Crippen molar-refractivity contribution in [3.05, 3.63) is 75.7 Å². The highest BCUT2D eigenvalue weighted by Crippen LogP contribution is 2.39. The zero-order chi connectivity index (χ0) is 18.1. The van der Waals surface area contributed by atoms with Crippen LogP contribution in [0.4, 0.5) is 0 Å². The number of fused-ring (bicyclic) bond motifs is 1. The van der Waals surface area contributed by atoms with E-state index in [0.717, 1.165) is 16.9 Å². The lowest BCUT2D eigenvalue weighted by Gasteiger charge is -2.17. The van der Waals surface area contributed by atoms with Gasteiger partial charge in [-0.3, -0.25) is 4.79 Å². The molecule has 0 saturated heterocycles. The summed E-state index contributed by atoms with van der Waals surface area (Å²) in [6.07, 6.45) is 3.63. The fourth-order valence-corrected chi connectivity index (χ4v) is 4.29. The molecule has 0 aromatic heterocycles. The molecule has 2 aromatic carbocycles. The van der Waals surface area contributed by atoms with Gasteiger partial charge in [0, 0.05) is 16.9 Å². The average molecular weight is 349 g/mol. The fourth-order valence-electron chi connectivity index (χ4n) is 3.55. The number of hydrogen-bond acceptors (Lipinski definition) is 2. The van der Waals surface area contributed by atoms with Gasteiger partial charge in [0.05, 0.1) is 0 Å². The van der Waals surface area contributed by atoms with Crippen molar-refractivity contribution in [3.63, 3.8) is 0 Å². The van der Waals surface area contributed by atoms with Crippen LogP contribution in [0.3, 0.4) is 0 Å². The maximum atomic E-state index is 12.2. The largest absolute Gasteiger partial charge is 0.294 e. The second kappa shape index (κ2) is 7.05. The third-order valence-corrected chi connectivity index (χ3v) is 5.80. The van der Waals surface area contributed by atoms with Gasteiger partial charge in [0.2, 0.25) is 0 Å². The molecule has 0 fully saturated rings. The molecule has 3 rings (SSSR count). The average Bonchev–Trinajstić information content (AvgIpc) is 2.94. The normalized spacial score (nSPS) is 13.9. The van der Waals surface area contributed by atoms with Crippen LogP contribution in [-0.4, -0.2) is 5.78 Å². The number of benzene rings is 2. The minimum absolute atomic E-state index is 0.275. The standard InChI is InChI=1S/C23H24OS/c1-6-22(25-14(2)3)17-9-7-15(4)20(13-17)23-16(5)8-10-18-19(23)11-12-21(18)24/h6-10,13H,2,11-12H2,1,3-5H3/b22-6-. The molecule has 0 amide bonds. The predicted molar refractivity (Wildman–Crippen MR) is 110 cm³/mol. The predicted octanol–water partition coefficient (Wildman–Crippen LogP) is 6.73. The molecule has 1 aliphatic carbocycles. The molecule has 0 spiro atoms. The highest BCUT2D eigenvalue weighted by molar-refractivity contribution is 8.11. The molecule has 0 unspecified atom stereocenters. The van der Waals surface area contributed by atoms with Crippen LogP contribution in [0.5, 0.6) is 0 Å². The van der Waals surface area contributed by atoms with Gasteiger partial charge in [0.25, 0.3) is 0 Å². The van der Waals surface area contributed by atoms with E-state index in [4.69, 9.17) is 0 Å². The van der Waals surface area contributed by atoms with Crippen molar-refractivity contribution >= 4 is 22.5 Å². The van der Waals surface area contributed by atoms with E-state index in [9.17, 15) is 4.79 Å². The van der Waals surface area contributed by atoms with Gasteiger partial charge in [-0.05, 0) is 78.5 Å². The number of Topliss-reactive ketones (excluding diaryl/α,β-unsaturated/α-hetero) is 1. The van der Waals surface area contributed by atoms with Gasteiger partial charge < -0.3 is 0 Å². The van der Waals surface area contributed by atoms with Gasteiger partial charge in [0.1, 0.15) is 0 Å². The van der Waals surface area contributed by atoms with E-state index in [0.29, 0.717) is 6.42 Å². The summed E-state index contributed by atoms with van der Waals surface area (Å²) in [6, 6.07) is 10.7. The van der Waals surface area contributed by atoms with Crippen LogP contribution in [0.1, 0.15) is 52.9 Å². The molecule has 0 saturated carbocycles. The first-order chi connectivity index (χ1) is 11.9. The molecule has 1 nitrogen and oxygen atoms in total. The van der Waals surface area contributed by atoms with E-state index in [2.05, 4.69) is 57.7 Å². The van der Waals surface area contributed by atoms with Gasteiger partial charge in [-0.15, -0.1) is 0 Å². The van der Waals surface area contributed by atoms with E-state index in [1.165, 1.54) is 38.3 Å². The Balaban J connectivity index is 2.18. The van der Waals surface area contributed by atoms with Gasteiger partial charge in [-0.2, -0.15) is 0 Å². The molecule has 0 atom stereocenters. The number of ketones is 1. The molecule has 2 aromatic rings. The molecule has 25 heavy (non-hydrogen) atoms. The van der Waals surface area contributed by atoms with E-state index in [-0.39, 0.29) is 5.78 Å². The second-order valence-electron chi connectivity index (χ2n) is 6.69. The van der Waals surface area contributed by atoms with Gasteiger partial charge in [-0.25, -0.2) is 0 Å². The zero-order valence-electron chi connectivity index (χ0n) is 15.4. The minimum Gasteiger partial charge on any atom is -0.294 e. The van der Waals surface area contributed by atoms with Crippen molar-refractivity contribution in [2.24, 2.45) is 0 Å². The molecular weight excluding hydrogens is 324 g/mol. The Hall–Kier alpha value is -2.06. The quantitative estimate of drug-likeness (QED) is 0.609. The fraction of sp³-hybridized carbons (Fsp3) is 0.261. The third-order valence-electron chi connectivity index (χ3n) is 4.76. The van der Waals surface area contributed by atoms with E-state index in [1.807, 2.05) is 13.0 Å². The van der Waals surface area contributed by atoms with Crippen LogP contribution in [0.2, 0.25) is 0 Å². The smallest absolute Gasteiger partial charge is 0.163 e. The van der Waals surface area contributed by atoms with Crippen molar-refractivity contribution in [1.29, 1.82) is 0 Å². The third kappa shape index (κ3) is 3.36. The lowest BCUT2D eigenvalue weighted by Crippen LogP contribution is -1.97. The van der Waals surface area contributed by atoms with Crippen molar-refractivity contribution in [3.8, 4) is 11.1 Å². The monoisotopic (exact) mass is 348 g/mol. The summed E-state index contributed by atoms with van der Waals surface area (Å²) in [5.41, 5.74) is 8.31. The maximum Gasteiger partial charge on any atom is 0.163 e. The summed E-state index contributed by atoms with van der Waals surface area (Å²) < 4.78 is 0. The summed E-state index contributed by atoms with van der Waals surface area (Å²) in [6.45, 7) is 12.4. The molecule has 0 N–H and O–H groups in total. The van der Waals surface area contributed by atoms with Crippen molar-refractivity contribution in [2.75, 3.05) is 0 Å². The minimum atomic E-state index is 0.275. The Morgan fingerprint density at radius 1 is 1.08 bits per heavy atom. The number of carbonyl (C=O) groups excluding carboxylic acids is 1. The van der Waals surface area contributed by atoms with E-state index >= 15 is 0 Å². The first kappa shape index (κ1) is 17.8. The lowest BCUT2D eigenvalue weighted by molar-refractivity contribution is 0.0994. The Kier molecular flexibility index (Phi) is 5.01. The molecule has 0 radical (unpaired) electrons. The Labute approximate surface area is 154 Å². The topological polar surface area (TPSA) is 17.1 Å². The van der Waals surface area contributed by atoms with Crippen LogP contribution in [0.25, 0.3) is 16.0 Å². The lowest BCUT2D eigenvalue weighted by atomic mass is 9.89. The number of aryl methyl sites for hydroxylation is 2. The van der Waals surface area contributed by atoms with Gasteiger partial charge >= 0.3 is 0 Å². The maximum absolute atomic E-state index is 12.2. The van der Waals surface area contributed by atoms with Gasteiger partial charge in [-0.1, -0.05) is 48.7 Å². The van der Waals surface area contributed by atoms with Crippen LogP contribution >= 0.6 is 11.8 Å². The molecule has 1 aliphatic rings. The van der Waals surface area contributed by atoms with E-state index < -0.39 is 0 Å². The van der Waals surface area contributed by atoms with Crippen LogP contribution in [0, 0.1) is 13.8 Å². The van der Waals surface area contributed by atoms with Crippen LogP contribution < -0.4 is 0 Å². The number of carbonyl (C=O) groups is 1. The Morgan fingerprint density at radius 2 is 1.80 bits per heavy atom. The summed E-state index contributed by atoms with van der Waals surface area (Å²) >= 11 is 1.70. The highest BCUT2D eigenvalue weighted by atomic mass is 32.2. The van der Waals surface area contributed by atoms with Crippen LogP contribution in [0.15, 0.2) is 47.9 Å². The number of allylic oxidation sites excluding steroid dienone is 2. The SMILES string of the molecule is C=C(C)S/C(=C\C)c1ccc(C)c(-c2c(C)ccc3c2CCC3=O)c1. The molecule has 0 heterocycles. The number of rotatable bonds is 4. The molecule has 128 valence electrons. The van der Waals surface area contributed by atoms with Crippen molar-refractivity contribution in [2.45, 2.75) is 40.5 Å². The highest BCUT2D eigenvalue weighted by Gasteiger charge is 2.24. The first-order valence-electron chi connectivity index (χ1n) is 8.69. The van der Waals surface area contributed by atoms with Crippen LogP contribution in [-0.2, 0) is 6.42 Å². The summed E-state index contributed by atoms with van der Waals surface area (Å²) in [7, 11) is 0. The van der Waals surface area contributed by atoms with Crippen molar-refractivity contribution in [1.82, 2.24) is 0 Å². The summed E-state index contributed by atoms with van der Waals surface area (Å²) in [4.78, 5) is 14.5. The summed E-state index contributed by atoms with van der Waals surface area (Å²) in [5.74, 6) is 0.275.